The maximum absolute atomic E-state index is 5.27. The van der Waals surface area contributed by atoms with Gasteiger partial charge in [0.2, 0.25) is 0 Å². The van der Waals surface area contributed by atoms with E-state index in [-0.39, 0.29) is 0 Å². The molecule has 1 N–H and O–H groups in total. The van der Waals surface area contributed by atoms with Crippen LogP contribution < -0.4 is 9.88 Å². The minimum atomic E-state index is 0.846. The van der Waals surface area contributed by atoms with Gasteiger partial charge in [-0.3, -0.25) is 0 Å². The summed E-state index contributed by atoms with van der Waals surface area (Å²) in [4.78, 5) is 5.34. The molecule has 64 valence electrons. The zero-order chi connectivity index (χ0) is 8.23. The van der Waals surface area contributed by atoms with Crippen molar-refractivity contribution in [3.63, 3.8) is 0 Å². The fourth-order valence-corrected chi connectivity index (χ4v) is 1.41. The smallest absolute Gasteiger partial charge is 0.169 e. The maximum atomic E-state index is 5.27. The van der Waals surface area contributed by atoms with Crippen LogP contribution in [0.3, 0.4) is 0 Å². The van der Waals surface area contributed by atoms with Gasteiger partial charge in [-0.25, -0.2) is 4.98 Å². The average molecular weight is 165 g/mol. The van der Waals surface area contributed by atoms with Crippen molar-refractivity contribution in [2.45, 2.75) is 0 Å². The Kier molecular flexibility index (Phi) is 2.23. The molecular weight excluding hydrogens is 152 g/mol. The minimum Gasteiger partial charge on any atom is -0.378 e. The summed E-state index contributed by atoms with van der Waals surface area (Å²) >= 11 is 0. The van der Waals surface area contributed by atoms with Crippen LogP contribution in [-0.4, -0.2) is 26.3 Å². The molecule has 0 radical (unpaired) electrons. The quantitative estimate of drug-likeness (QED) is 0.600. The first-order valence-corrected chi connectivity index (χ1v) is 4.25. The molecule has 0 unspecified atom stereocenters. The number of H-pyrrole nitrogens is 1. The lowest BCUT2D eigenvalue weighted by Gasteiger charge is -2.28. The minimum absolute atomic E-state index is 0.846. The molecule has 1 aliphatic rings. The number of anilines is 1. The first kappa shape index (κ1) is 7.55. The summed E-state index contributed by atoms with van der Waals surface area (Å²) in [6.07, 6.45) is 3.90. The summed E-state index contributed by atoms with van der Waals surface area (Å²) in [6, 6.07) is 4.18. The second-order valence-electron chi connectivity index (χ2n) is 2.86. The second kappa shape index (κ2) is 3.54. The Labute approximate surface area is 72.0 Å². The van der Waals surface area contributed by atoms with Crippen molar-refractivity contribution in [3.05, 3.63) is 24.5 Å². The van der Waals surface area contributed by atoms with Crippen molar-refractivity contribution in [1.29, 1.82) is 0 Å². The van der Waals surface area contributed by atoms with Gasteiger partial charge in [0, 0.05) is 30.9 Å². The molecule has 12 heavy (non-hydrogen) atoms. The molecular formula is C9H13N2O+. The van der Waals surface area contributed by atoms with Crippen LogP contribution in [0.2, 0.25) is 0 Å². The van der Waals surface area contributed by atoms with E-state index in [1.54, 1.807) is 0 Å². The first-order chi connectivity index (χ1) is 5.97. The lowest BCUT2D eigenvalue weighted by Crippen LogP contribution is -2.36. The lowest BCUT2D eigenvalue weighted by molar-refractivity contribution is -0.377. The van der Waals surface area contributed by atoms with E-state index in [4.69, 9.17) is 4.74 Å². The molecule has 2 rings (SSSR count). The Morgan fingerprint density at radius 3 is 2.50 bits per heavy atom. The van der Waals surface area contributed by atoms with Gasteiger partial charge in [0.15, 0.2) is 12.4 Å². The standard InChI is InChI=1S/C9H12N2O/c1-3-10-4-2-9(1)11-5-7-12-8-6-11/h1-4H,5-8H2/p+1. The van der Waals surface area contributed by atoms with E-state index < -0.39 is 0 Å². The highest BCUT2D eigenvalue weighted by molar-refractivity contribution is 5.43. The summed E-state index contributed by atoms with van der Waals surface area (Å²) in [7, 11) is 0. The Bertz CT molecular complexity index is 232. The number of hydrogen-bond acceptors (Lipinski definition) is 2. The van der Waals surface area contributed by atoms with E-state index >= 15 is 0 Å². The summed E-state index contributed by atoms with van der Waals surface area (Å²) in [5.74, 6) is 0. The highest BCUT2D eigenvalue weighted by atomic mass is 16.5. The SMILES string of the molecule is c1cc(N2CCOCC2)cc[nH+]1. The third-order valence-corrected chi connectivity index (χ3v) is 2.08. The Morgan fingerprint density at radius 2 is 1.83 bits per heavy atom. The number of ether oxygens (including phenoxy) is 1. The Morgan fingerprint density at radius 1 is 1.17 bits per heavy atom. The molecule has 1 aliphatic heterocycles. The monoisotopic (exact) mass is 165 g/mol. The predicted molar refractivity (Wildman–Crippen MR) is 46.0 cm³/mol. The van der Waals surface area contributed by atoms with Gasteiger partial charge in [0.25, 0.3) is 0 Å². The second-order valence-corrected chi connectivity index (χ2v) is 2.86. The van der Waals surface area contributed by atoms with Gasteiger partial charge >= 0.3 is 0 Å². The van der Waals surface area contributed by atoms with Crippen LogP contribution in [-0.2, 0) is 4.74 Å². The summed E-state index contributed by atoms with van der Waals surface area (Å²) in [6.45, 7) is 3.70. The number of nitrogens with one attached hydrogen (secondary N) is 1. The van der Waals surface area contributed by atoms with Crippen LogP contribution in [0.5, 0.6) is 0 Å². The summed E-state index contributed by atoms with van der Waals surface area (Å²) < 4.78 is 5.27. The number of nitrogens with zero attached hydrogens (tertiary/aromatic N) is 1. The van der Waals surface area contributed by atoms with Gasteiger partial charge in [-0.2, -0.15) is 0 Å². The van der Waals surface area contributed by atoms with E-state index in [0.717, 1.165) is 26.3 Å². The van der Waals surface area contributed by atoms with E-state index in [0.29, 0.717) is 0 Å². The first-order valence-electron chi connectivity index (χ1n) is 4.25. The van der Waals surface area contributed by atoms with E-state index in [1.165, 1.54) is 5.69 Å². The summed E-state index contributed by atoms with van der Waals surface area (Å²) in [5, 5.41) is 0. The van der Waals surface area contributed by atoms with Crippen LogP contribution >= 0.6 is 0 Å². The van der Waals surface area contributed by atoms with Crippen LogP contribution in [0.15, 0.2) is 24.5 Å². The Balaban J connectivity index is 2.08. The number of morpholine rings is 1. The molecule has 3 nitrogen and oxygen atoms in total. The molecule has 3 heteroatoms. The van der Waals surface area contributed by atoms with Gasteiger partial charge in [-0.15, -0.1) is 0 Å². The van der Waals surface area contributed by atoms with Gasteiger partial charge in [0.1, 0.15) is 0 Å². The molecule has 0 amide bonds. The number of pyridine rings is 1. The van der Waals surface area contributed by atoms with Crippen molar-refractivity contribution in [2.24, 2.45) is 0 Å². The van der Waals surface area contributed by atoms with Crippen molar-refractivity contribution >= 4 is 5.69 Å². The molecule has 1 saturated heterocycles. The molecule has 1 fully saturated rings. The van der Waals surface area contributed by atoms with Crippen molar-refractivity contribution < 1.29 is 9.72 Å². The van der Waals surface area contributed by atoms with Crippen molar-refractivity contribution in [1.82, 2.24) is 0 Å². The highest BCUT2D eigenvalue weighted by Gasteiger charge is 2.10. The third kappa shape index (κ3) is 1.56. The summed E-state index contributed by atoms with van der Waals surface area (Å²) in [5.41, 5.74) is 1.28. The number of hydrogen-bond donors (Lipinski definition) is 0. The molecule has 0 saturated carbocycles. The predicted octanol–water partition coefficient (Wildman–Crippen LogP) is 0.337. The molecule has 0 bridgehead atoms. The zero-order valence-electron chi connectivity index (χ0n) is 6.99. The molecule has 2 heterocycles. The largest absolute Gasteiger partial charge is 0.378 e. The molecule has 0 atom stereocenters. The van der Waals surface area contributed by atoms with Gasteiger partial charge in [0.05, 0.1) is 13.2 Å². The van der Waals surface area contributed by atoms with E-state index in [9.17, 15) is 0 Å². The number of aromatic amines is 1. The molecule has 1 aromatic rings. The van der Waals surface area contributed by atoms with Gasteiger partial charge in [-0.1, -0.05) is 0 Å². The van der Waals surface area contributed by atoms with Crippen LogP contribution in [0.1, 0.15) is 0 Å². The molecule has 0 spiro atoms. The Hall–Kier alpha value is -1.09. The zero-order valence-corrected chi connectivity index (χ0v) is 6.99. The van der Waals surface area contributed by atoms with Gasteiger partial charge < -0.3 is 9.64 Å². The topological polar surface area (TPSA) is 26.6 Å². The van der Waals surface area contributed by atoms with Crippen LogP contribution in [0, 0.1) is 0 Å². The maximum Gasteiger partial charge on any atom is 0.169 e. The molecule has 0 aromatic carbocycles. The van der Waals surface area contributed by atoms with E-state index in [1.807, 2.05) is 12.4 Å². The lowest BCUT2D eigenvalue weighted by atomic mass is 10.3. The normalized spacial score (nSPS) is 17.8. The number of rotatable bonds is 1. The van der Waals surface area contributed by atoms with E-state index in [2.05, 4.69) is 22.0 Å². The van der Waals surface area contributed by atoms with Gasteiger partial charge in [-0.05, 0) is 0 Å². The average Bonchev–Trinajstić information content (AvgIpc) is 2.21. The van der Waals surface area contributed by atoms with Crippen LogP contribution in [0.4, 0.5) is 5.69 Å². The molecule has 0 aliphatic carbocycles. The third-order valence-electron chi connectivity index (χ3n) is 2.08. The molecule has 1 aromatic heterocycles. The van der Waals surface area contributed by atoms with Crippen molar-refractivity contribution in [2.75, 3.05) is 31.2 Å². The van der Waals surface area contributed by atoms with Crippen LogP contribution in [0.25, 0.3) is 0 Å². The number of aromatic nitrogens is 1. The fraction of sp³-hybridized carbons (Fsp3) is 0.444. The van der Waals surface area contributed by atoms with Crippen molar-refractivity contribution in [3.8, 4) is 0 Å². The fourth-order valence-electron chi connectivity index (χ4n) is 1.41. The highest BCUT2D eigenvalue weighted by Crippen LogP contribution is 2.12.